The van der Waals surface area contributed by atoms with Gasteiger partial charge in [0.25, 0.3) is 0 Å². The van der Waals surface area contributed by atoms with Crippen LogP contribution in [0.4, 0.5) is 0 Å². The summed E-state index contributed by atoms with van der Waals surface area (Å²) in [6.07, 6.45) is 6.69. The van der Waals surface area contributed by atoms with Crippen molar-refractivity contribution in [3.63, 3.8) is 0 Å². The van der Waals surface area contributed by atoms with E-state index >= 15 is 0 Å². The molecule has 18 heavy (non-hydrogen) atoms. The highest BCUT2D eigenvalue weighted by atomic mass is 32.1. The van der Waals surface area contributed by atoms with Crippen molar-refractivity contribution in [3.05, 3.63) is 0 Å². The quantitative estimate of drug-likeness (QED) is 0.474. The van der Waals surface area contributed by atoms with Gasteiger partial charge in [-0.2, -0.15) is 12.6 Å². The van der Waals surface area contributed by atoms with Gasteiger partial charge < -0.3 is 0 Å². The lowest BCUT2D eigenvalue weighted by molar-refractivity contribution is 0.293. The molecule has 0 amide bonds. The fraction of sp³-hybridized carbons (Fsp3) is 1.00. The Labute approximate surface area is 122 Å². The molecular formula is C17H36S. The third kappa shape index (κ3) is 10.3. The van der Waals surface area contributed by atoms with Gasteiger partial charge in [-0.1, -0.05) is 54.9 Å². The van der Waals surface area contributed by atoms with E-state index in [9.17, 15) is 0 Å². The van der Waals surface area contributed by atoms with E-state index in [0.29, 0.717) is 0 Å². The summed E-state index contributed by atoms with van der Waals surface area (Å²) in [5.74, 6) is 3.42. The minimum atomic E-state index is 0.182. The Morgan fingerprint density at radius 2 is 1.17 bits per heavy atom. The van der Waals surface area contributed by atoms with E-state index in [1.54, 1.807) is 0 Å². The molecule has 0 nitrogen and oxygen atoms in total. The fourth-order valence-electron chi connectivity index (χ4n) is 3.36. The van der Waals surface area contributed by atoms with E-state index in [-0.39, 0.29) is 4.75 Å². The number of hydrogen-bond acceptors (Lipinski definition) is 1. The molecule has 0 aromatic heterocycles. The van der Waals surface area contributed by atoms with Gasteiger partial charge in [-0.05, 0) is 49.4 Å². The van der Waals surface area contributed by atoms with Crippen molar-refractivity contribution in [3.8, 4) is 0 Å². The molecule has 0 bridgehead atoms. The maximum atomic E-state index is 4.64. The first-order valence-corrected chi connectivity index (χ1v) is 8.31. The van der Waals surface area contributed by atoms with Crippen LogP contribution in [0.5, 0.6) is 0 Å². The maximum absolute atomic E-state index is 4.64. The van der Waals surface area contributed by atoms with Gasteiger partial charge in [-0.25, -0.2) is 0 Å². The highest BCUT2D eigenvalue weighted by molar-refractivity contribution is 7.81. The lowest BCUT2D eigenvalue weighted by Gasteiger charge is -2.26. The van der Waals surface area contributed by atoms with E-state index in [1.807, 2.05) is 0 Å². The third-order valence-electron chi connectivity index (χ3n) is 3.96. The van der Waals surface area contributed by atoms with Gasteiger partial charge in [0.05, 0.1) is 0 Å². The molecule has 0 rings (SSSR count). The topological polar surface area (TPSA) is 0 Å². The molecule has 0 aromatic carbocycles. The average Bonchev–Trinajstić information content (AvgIpc) is 2.12. The van der Waals surface area contributed by atoms with Crippen molar-refractivity contribution >= 4 is 12.6 Å². The van der Waals surface area contributed by atoms with Crippen LogP contribution < -0.4 is 0 Å². The highest BCUT2D eigenvalue weighted by Gasteiger charge is 2.19. The molecule has 4 unspecified atom stereocenters. The molecule has 0 aliphatic rings. The normalized spacial score (nSPS) is 19.3. The van der Waals surface area contributed by atoms with E-state index in [2.05, 4.69) is 61.1 Å². The Morgan fingerprint density at radius 1 is 0.778 bits per heavy atom. The van der Waals surface area contributed by atoms with Crippen molar-refractivity contribution in [2.45, 2.75) is 85.3 Å². The standard InChI is InChI=1S/C17H36S/c1-8-13(2)9-14(3)10-15(4)11-16(5)12-17(6,7)18/h13-16,18H,8-12H2,1-7H3. The average molecular weight is 273 g/mol. The Balaban J connectivity index is 3.92. The monoisotopic (exact) mass is 272 g/mol. The Morgan fingerprint density at radius 3 is 1.56 bits per heavy atom. The molecule has 0 saturated carbocycles. The number of hydrogen-bond donors (Lipinski definition) is 1. The second kappa shape index (κ2) is 8.51. The van der Waals surface area contributed by atoms with Crippen molar-refractivity contribution in [1.82, 2.24) is 0 Å². The number of rotatable bonds is 9. The molecule has 0 fully saturated rings. The van der Waals surface area contributed by atoms with Gasteiger partial charge in [-0.3, -0.25) is 0 Å². The Bertz CT molecular complexity index is 204. The van der Waals surface area contributed by atoms with Crippen LogP contribution in [0.2, 0.25) is 0 Å². The van der Waals surface area contributed by atoms with E-state index in [4.69, 9.17) is 0 Å². The molecule has 1 heteroatoms. The molecule has 0 spiro atoms. The SMILES string of the molecule is CCC(C)CC(C)CC(C)CC(C)CC(C)(C)S. The first kappa shape index (κ1) is 18.4. The minimum absolute atomic E-state index is 0.182. The van der Waals surface area contributed by atoms with Crippen LogP contribution in [0.25, 0.3) is 0 Å². The first-order valence-electron chi connectivity index (χ1n) is 7.86. The zero-order valence-corrected chi connectivity index (χ0v) is 14.7. The fourth-order valence-corrected chi connectivity index (χ4v) is 3.67. The smallest absolute Gasteiger partial charge is 0.00757 e. The Hall–Kier alpha value is 0.350. The Kier molecular flexibility index (Phi) is 8.67. The largest absolute Gasteiger partial charge is 0.173 e. The van der Waals surface area contributed by atoms with Crippen LogP contribution in [-0.4, -0.2) is 4.75 Å². The summed E-state index contributed by atoms with van der Waals surface area (Å²) in [6.45, 7) is 16.4. The summed E-state index contributed by atoms with van der Waals surface area (Å²) in [7, 11) is 0. The van der Waals surface area contributed by atoms with Crippen molar-refractivity contribution in [2.75, 3.05) is 0 Å². The van der Waals surface area contributed by atoms with Crippen LogP contribution >= 0.6 is 12.6 Å². The molecule has 0 aliphatic heterocycles. The summed E-state index contributed by atoms with van der Waals surface area (Å²) >= 11 is 4.64. The molecule has 4 atom stereocenters. The highest BCUT2D eigenvalue weighted by Crippen LogP contribution is 2.30. The van der Waals surface area contributed by atoms with E-state index in [0.717, 1.165) is 23.7 Å². The molecule has 0 aromatic rings. The zero-order chi connectivity index (χ0) is 14.3. The molecule has 0 heterocycles. The van der Waals surface area contributed by atoms with Crippen LogP contribution in [0.1, 0.15) is 80.6 Å². The van der Waals surface area contributed by atoms with Crippen molar-refractivity contribution in [2.24, 2.45) is 23.7 Å². The molecule has 0 N–H and O–H groups in total. The molecule has 0 radical (unpaired) electrons. The first-order chi connectivity index (χ1) is 8.14. The molecule has 0 saturated heterocycles. The predicted octanol–water partition coefficient (Wildman–Crippen LogP) is 6.21. The van der Waals surface area contributed by atoms with Gasteiger partial charge in [-0.15, -0.1) is 0 Å². The van der Waals surface area contributed by atoms with Crippen LogP contribution in [0.3, 0.4) is 0 Å². The molecular weight excluding hydrogens is 236 g/mol. The second-order valence-electron chi connectivity index (χ2n) is 7.55. The van der Waals surface area contributed by atoms with Gasteiger partial charge >= 0.3 is 0 Å². The predicted molar refractivity (Wildman–Crippen MR) is 88.5 cm³/mol. The molecule has 0 aliphatic carbocycles. The second-order valence-corrected chi connectivity index (χ2v) is 8.76. The summed E-state index contributed by atoms with van der Waals surface area (Å²) in [4.78, 5) is 0. The molecule has 110 valence electrons. The lowest BCUT2D eigenvalue weighted by Crippen LogP contribution is -2.17. The number of thiol groups is 1. The zero-order valence-electron chi connectivity index (χ0n) is 13.8. The van der Waals surface area contributed by atoms with E-state index < -0.39 is 0 Å². The van der Waals surface area contributed by atoms with Crippen LogP contribution in [0.15, 0.2) is 0 Å². The van der Waals surface area contributed by atoms with Crippen molar-refractivity contribution in [1.29, 1.82) is 0 Å². The van der Waals surface area contributed by atoms with E-state index in [1.165, 1.54) is 32.1 Å². The van der Waals surface area contributed by atoms with Gasteiger partial charge in [0.2, 0.25) is 0 Å². The van der Waals surface area contributed by atoms with Gasteiger partial charge in [0.1, 0.15) is 0 Å². The third-order valence-corrected chi connectivity index (χ3v) is 4.14. The summed E-state index contributed by atoms with van der Waals surface area (Å²) in [5.41, 5.74) is 0. The minimum Gasteiger partial charge on any atom is -0.173 e. The summed E-state index contributed by atoms with van der Waals surface area (Å²) in [6, 6.07) is 0. The lowest BCUT2D eigenvalue weighted by atomic mass is 9.83. The summed E-state index contributed by atoms with van der Waals surface area (Å²) < 4.78 is 0.182. The maximum Gasteiger partial charge on any atom is 0.00757 e. The van der Waals surface area contributed by atoms with Crippen LogP contribution in [0, 0.1) is 23.7 Å². The summed E-state index contributed by atoms with van der Waals surface area (Å²) in [5, 5.41) is 0. The van der Waals surface area contributed by atoms with Crippen LogP contribution in [-0.2, 0) is 0 Å². The van der Waals surface area contributed by atoms with Gasteiger partial charge in [0.15, 0.2) is 0 Å². The van der Waals surface area contributed by atoms with Crippen molar-refractivity contribution < 1.29 is 0 Å². The van der Waals surface area contributed by atoms with Gasteiger partial charge in [0, 0.05) is 4.75 Å².